The largest absolute Gasteiger partial charge is 0.508 e. The zero-order chi connectivity index (χ0) is 22.1. The van der Waals surface area contributed by atoms with Gasteiger partial charge < -0.3 is 30.1 Å². The molecule has 0 aliphatic heterocycles. The molecule has 2 aromatic heterocycles. The summed E-state index contributed by atoms with van der Waals surface area (Å²) in [4.78, 5) is 26.0. The zero-order valence-electron chi connectivity index (χ0n) is 14.9. The molecule has 150 valence electrons. The van der Waals surface area contributed by atoms with Gasteiger partial charge in [0.2, 0.25) is 5.75 Å². The molecular weight excluding hydrogens is 396 g/mol. The Kier molecular flexibility index (Phi) is 7.02. The summed E-state index contributed by atoms with van der Waals surface area (Å²) >= 11 is 0. The number of phenols is 1. The molecule has 0 atom stereocenters. The molecule has 0 radical (unpaired) electrons. The molecule has 0 amide bonds. The van der Waals surface area contributed by atoms with Crippen LogP contribution in [0.3, 0.4) is 0 Å². The van der Waals surface area contributed by atoms with Gasteiger partial charge in [-0.2, -0.15) is 0 Å². The van der Waals surface area contributed by atoms with Gasteiger partial charge in [0.15, 0.2) is 0 Å². The third kappa shape index (κ3) is 5.30. The summed E-state index contributed by atoms with van der Waals surface area (Å²) in [5.74, 6) is -0.351. The van der Waals surface area contributed by atoms with Crippen molar-refractivity contribution in [3.8, 4) is 11.5 Å². The van der Waals surface area contributed by atoms with E-state index in [1.165, 1.54) is 29.2 Å². The highest BCUT2D eigenvalue weighted by Gasteiger charge is 2.04. The lowest BCUT2D eigenvalue weighted by atomic mass is 10.2. The normalized spacial score (nSPS) is 9.33. The molecule has 0 saturated carbocycles. The van der Waals surface area contributed by atoms with Crippen molar-refractivity contribution >= 4 is 27.6 Å². The van der Waals surface area contributed by atoms with Gasteiger partial charge in [-0.1, -0.05) is 23.3 Å². The molecule has 2 heterocycles. The molecule has 2 N–H and O–H groups in total. The summed E-state index contributed by atoms with van der Waals surface area (Å²) in [7, 11) is 0. The summed E-state index contributed by atoms with van der Waals surface area (Å²) in [6, 6.07) is 14.1. The smallest absolute Gasteiger partial charge is 0.378 e. The Balaban J connectivity index is 0.000000193. The van der Waals surface area contributed by atoms with Crippen LogP contribution in [0.25, 0.3) is 48.4 Å². The highest BCUT2D eigenvalue weighted by molar-refractivity contribution is 5.80. The first-order chi connectivity index (χ1) is 14.4. The van der Waals surface area contributed by atoms with E-state index in [2.05, 4.69) is 10.0 Å². The van der Waals surface area contributed by atoms with Crippen LogP contribution in [0.15, 0.2) is 78.1 Å². The second kappa shape index (κ2) is 9.85. The quantitative estimate of drug-likeness (QED) is 0.195. The van der Waals surface area contributed by atoms with E-state index in [1.54, 1.807) is 24.3 Å². The molecule has 0 unspecified atom stereocenters. The lowest BCUT2D eigenvalue weighted by molar-refractivity contribution is 0.428. The number of benzene rings is 2. The van der Waals surface area contributed by atoms with Crippen molar-refractivity contribution in [2.45, 2.75) is 0 Å². The molecule has 0 aliphatic carbocycles. The first kappa shape index (κ1) is 21.4. The number of hydrogen-bond acceptors (Lipinski definition) is 7. The Morgan fingerprint density at radius 1 is 0.800 bits per heavy atom. The molecule has 0 fully saturated rings. The Hall–Kier alpha value is -4.92. The second-order valence-corrected chi connectivity index (χ2v) is 5.38. The average molecular weight is 407 g/mol. The Labute approximate surface area is 165 Å². The fourth-order valence-corrected chi connectivity index (χ4v) is 2.26. The maximum atomic E-state index is 11.2. The Morgan fingerprint density at radius 3 is 2.13 bits per heavy atom. The number of azide groups is 1. The molecule has 4 rings (SSSR count). The van der Waals surface area contributed by atoms with E-state index in [-0.39, 0.29) is 22.8 Å². The first-order valence-electron chi connectivity index (χ1n) is 7.92. The lowest BCUT2D eigenvalue weighted by Gasteiger charge is -1.97. The van der Waals surface area contributed by atoms with Gasteiger partial charge in [-0.05, 0) is 35.9 Å². The van der Waals surface area contributed by atoms with E-state index in [0.29, 0.717) is 11.0 Å². The molecule has 0 spiro atoms. The predicted octanol–water partition coefficient (Wildman–Crippen LogP) is 4.81. The highest BCUT2D eigenvalue weighted by atomic mass is 16.4. The molecule has 12 heteroatoms. The van der Waals surface area contributed by atoms with Crippen LogP contribution in [0, 0.1) is 0 Å². The van der Waals surface area contributed by atoms with Gasteiger partial charge in [0.25, 0.3) is 0 Å². The molecule has 2 aromatic carbocycles. The van der Waals surface area contributed by atoms with Crippen molar-refractivity contribution < 1.29 is 19.0 Å². The molecular formula is C18H11N6O6-. The van der Waals surface area contributed by atoms with E-state index in [9.17, 15) is 9.59 Å². The average Bonchev–Trinajstić information content (AvgIpc) is 2.71. The van der Waals surface area contributed by atoms with Gasteiger partial charge in [-0.15, -0.1) is 0 Å². The molecule has 30 heavy (non-hydrogen) atoms. The summed E-state index contributed by atoms with van der Waals surface area (Å²) < 4.78 is 9.63. The number of rotatable bonds is 1. The third-order valence-corrected chi connectivity index (χ3v) is 3.48. The number of aromatic hydroxyl groups is 2. The number of nitrogens with zero attached hydrogens (tertiary/aromatic N) is 6. The van der Waals surface area contributed by atoms with Crippen molar-refractivity contribution in [2.75, 3.05) is 0 Å². The van der Waals surface area contributed by atoms with E-state index >= 15 is 0 Å². The van der Waals surface area contributed by atoms with E-state index < -0.39 is 11.3 Å². The predicted molar refractivity (Wildman–Crippen MR) is 107 cm³/mol. The van der Waals surface area contributed by atoms with Crippen LogP contribution in [0.1, 0.15) is 0 Å². The van der Waals surface area contributed by atoms with Gasteiger partial charge in [0, 0.05) is 21.8 Å². The zero-order valence-corrected chi connectivity index (χ0v) is 14.9. The Bertz CT molecular complexity index is 1400. The fraction of sp³-hybridized carbons (Fsp3) is 0. The van der Waals surface area contributed by atoms with Crippen LogP contribution in [0.4, 0.5) is 5.69 Å². The standard InChI is InChI=1S/C9H5N3O3.C9H6O3.N3/c10-12-11-7-3-5-1-2-6(13)4-8(5)15-9(7)14;10-7-5-6-3-1-2-4-8(6)12-9(7)11;1-3-2/h1-4,13H;1-5,10H;/q;;-1. The SMILES string of the molecule is O=c1oc2ccccc2cc1O.[N-]=[N+]=Nc1cc2ccc(O)cc2oc1=O.[N-]=[N+]=[N-]. The summed E-state index contributed by atoms with van der Waals surface area (Å²) in [6.45, 7) is 0. The topological polar surface area (TPSA) is 208 Å². The van der Waals surface area contributed by atoms with Crippen LogP contribution >= 0.6 is 0 Å². The maximum Gasteiger partial charge on any atom is 0.378 e. The molecule has 12 nitrogen and oxygen atoms in total. The minimum atomic E-state index is -0.731. The van der Waals surface area contributed by atoms with E-state index in [1.807, 2.05) is 6.07 Å². The van der Waals surface area contributed by atoms with Gasteiger partial charge in [-0.25, -0.2) is 9.59 Å². The van der Waals surface area contributed by atoms with Crippen molar-refractivity contribution in [1.82, 2.24) is 0 Å². The van der Waals surface area contributed by atoms with Crippen LogP contribution in [0.2, 0.25) is 0 Å². The molecule has 4 aromatic rings. The van der Waals surface area contributed by atoms with Crippen LogP contribution in [-0.4, -0.2) is 10.2 Å². The molecule has 0 saturated heterocycles. The molecule has 0 aliphatic rings. The van der Waals surface area contributed by atoms with Gasteiger partial charge in [0.1, 0.15) is 22.6 Å². The van der Waals surface area contributed by atoms with E-state index in [4.69, 9.17) is 35.6 Å². The van der Waals surface area contributed by atoms with E-state index in [0.717, 1.165) is 5.39 Å². The minimum absolute atomic E-state index is 0.00202. The fourth-order valence-electron chi connectivity index (χ4n) is 2.26. The second-order valence-electron chi connectivity index (χ2n) is 5.38. The van der Waals surface area contributed by atoms with Crippen LogP contribution in [-0.2, 0) is 0 Å². The van der Waals surface area contributed by atoms with Crippen LogP contribution in [0.5, 0.6) is 11.5 Å². The highest BCUT2D eigenvalue weighted by Crippen LogP contribution is 2.21. The van der Waals surface area contributed by atoms with Crippen molar-refractivity contribution in [3.63, 3.8) is 0 Å². The summed E-state index contributed by atoms with van der Waals surface area (Å²) in [5, 5.41) is 22.6. The van der Waals surface area contributed by atoms with Gasteiger partial charge in [-0.3, -0.25) is 4.91 Å². The lowest BCUT2D eigenvalue weighted by Crippen LogP contribution is -1.96. The molecule has 0 bridgehead atoms. The maximum absolute atomic E-state index is 11.2. The monoisotopic (exact) mass is 407 g/mol. The minimum Gasteiger partial charge on any atom is -0.508 e. The first-order valence-corrected chi connectivity index (χ1v) is 7.92. The summed E-state index contributed by atoms with van der Waals surface area (Å²) in [6.07, 6.45) is 0. The number of fused-ring (bicyclic) bond motifs is 2. The number of phenolic OH excluding ortho intramolecular Hbond substituents is 1. The van der Waals surface area contributed by atoms with Gasteiger partial charge >= 0.3 is 11.3 Å². The van der Waals surface area contributed by atoms with Crippen molar-refractivity contribution in [2.24, 2.45) is 5.11 Å². The summed E-state index contributed by atoms with van der Waals surface area (Å²) in [5.41, 5.74) is 20.9. The number of hydrogen-bond donors (Lipinski definition) is 2. The number of para-hydroxylation sites is 1. The van der Waals surface area contributed by atoms with Crippen LogP contribution < -0.4 is 11.3 Å². The Morgan fingerprint density at radius 2 is 1.43 bits per heavy atom. The van der Waals surface area contributed by atoms with Gasteiger partial charge in [0.05, 0.1) is 0 Å². The third-order valence-electron chi connectivity index (χ3n) is 3.48. The van der Waals surface area contributed by atoms with Crippen molar-refractivity contribution in [3.05, 3.63) is 102 Å². The van der Waals surface area contributed by atoms with Crippen molar-refractivity contribution in [1.29, 1.82) is 0 Å².